The van der Waals surface area contributed by atoms with Gasteiger partial charge in [-0.3, -0.25) is 9.59 Å². The molecule has 33 heavy (non-hydrogen) atoms. The number of rotatable bonds is 7. The van der Waals surface area contributed by atoms with Crippen molar-refractivity contribution < 1.29 is 17.6 Å². The van der Waals surface area contributed by atoms with Gasteiger partial charge in [-0.2, -0.15) is 0 Å². The number of carbonyl (C=O) groups is 1. The van der Waals surface area contributed by atoms with E-state index in [1.165, 1.54) is 19.2 Å². The number of ketones is 1. The molecular weight excluding hydrogens is 511 g/mol. The van der Waals surface area contributed by atoms with Crippen molar-refractivity contribution >= 4 is 42.5 Å². The van der Waals surface area contributed by atoms with Gasteiger partial charge in [0.05, 0.1) is 12.2 Å². The summed E-state index contributed by atoms with van der Waals surface area (Å²) in [6.07, 6.45) is 1.48. The fourth-order valence-electron chi connectivity index (χ4n) is 3.84. The van der Waals surface area contributed by atoms with Crippen LogP contribution in [0.5, 0.6) is 0 Å². The Hall–Kier alpha value is -3.04. The summed E-state index contributed by atoms with van der Waals surface area (Å²) in [5.41, 5.74) is 1.09. The number of H-pyrrole nitrogens is 1. The molecule has 0 amide bonds. The maximum Gasteiger partial charge on any atom is 0.255 e. The summed E-state index contributed by atoms with van der Waals surface area (Å²) < 4.78 is 41.5. The number of aromatic amines is 1. The second-order valence-electron chi connectivity index (χ2n) is 7.58. The van der Waals surface area contributed by atoms with Crippen molar-refractivity contribution in [1.29, 1.82) is 0 Å². The molecule has 0 saturated carbocycles. The van der Waals surface area contributed by atoms with Crippen LogP contribution in [0.4, 0.5) is 4.39 Å². The van der Waals surface area contributed by atoms with Gasteiger partial charge < -0.3 is 9.55 Å². The number of benzene rings is 2. The predicted molar refractivity (Wildman–Crippen MR) is 130 cm³/mol. The molecule has 0 atom stereocenters. The molecule has 0 radical (unpaired) electrons. The van der Waals surface area contributed by atoms with Crippen LogP contribution in [0, 0.1) is 5.82 Å². The van der Waals surface area contributed by atoms with Crippen molar-refractivity contribution in [2.45, 2.75) is 13.5 Å². The lowest BCUT2D eigenvalue weighted by molar-refractivity contribution is 0.101. The Balaban J connectivity index is 2.09. The summed E-state index contributed by atoms with van der Waals surface area (Å²) in [6.45, 7) is 1.46. The third-order valence-corrected chi connectivity index (χ3v) is 7.53. The van der Waals surface area contributed by atoms with Gasteiger partial charge in [0.2, 0.25) is 0 Å². The molecule has 1 N–H and O–H groups in total. The van der Waals surface area contributed by atoms with E-state index in [-0.39, 0.29) is 23.6 Å². The van der Waals surface area contributed by atoms with Crippen LogP contribution in [-0.4, -0.2) is 35.3 Å². The number of hydrogen-bond donors (Lipinski definition) is 1. The molecule has 2 heterocycles. The van der Waals surface area contributed by atoms with E-state index in [1.54, 1.807) is 53.1 Å². The largest absolute Gasteiger partial charge is 0.333 e. The third-order valence-electron chi connectivity index (χ3n) is 5.45. The van der Waals surface area contributed by atoms with E-state index in [1.807, 2.05) is 0 Å². The second kappa shape index (κ2) is 9.07. The van der Waals surface area contributed by atoms with Crippen molar-refractivity contribution in [2.24, 2.45) is 0 Å². The first-order valence-electron chi connectivity index (χ1n) is 10.2. The van der Waals surface area contributed by atoms with Crippen LogP contribution < -0.4 is 5.56 Å². The van der Waals surface area contributed by atoms with Gasteiger partial charge >= 0.3 is 0 Å². The predicted octanol–water partition coefficient (Wildman–Crippen LogP) is 4.56. The molecule has 0 unspecified atom stereocenters. The number of carbonyl (C=O) groups excluding carboxylic acids is 1. The highest BCUT2D eigenvalue weighted by atomic mass is 79.9. The second-order valence-corrected chi connectivity index (χ2v) is 10.8. The van der Waals surface area contributed by atoms with Crippen LogP contribution in [0.2, 0.25) is 0 Å². The Morgan fingerprint density at radius 2 is 1.88 bits per heavy atom. The van der Waals surface area contributed by atoms with Gasteiger partial charge in [-0.1, -0.05) is 41.1 Å². The van der Waals surface area contributed by atoms with Gasteiger partial charge in [0.1, 0.15) is 11.6 Å². The number of pyridine rings is 1. The van der Waals surface area contributed by atoms with Crippen LogP contribution in [0.15, 0.2) is 70.1 Å². The SMILES string of the molecule is CCS(=O)(=O)CC(=O)c1c(-c2ccc[nH]c2=O)c2cc(Br)ccc2n1Cc1ccccc1F. The summed E-state index contributed by atoms with van der Waals surface area (Å²) >= 11 is 3.43. The third kappa shape index (κ3) is 4.56. The lowest BCUT2D eigenvalue weighted by Gasteiger charge is -2.12. The highest BCUT2D eigenvalue weighted by Crippen LogP contribution is 2.36. The normalized spacial score (nSPS) is 11.7. The molecule has 2 aromatic heterocycles. The number of fused-ring (bicyclic) bond motifs is 1. The topological polar surface area (TPSA) is 89.0 Å². The van der Waals surface area contributed by atoms with Crippen molar-refractivity contribution in [2.75, 3.05) is 11.5 Å². The quantitative estimate of drug-likeness (QED) is 0.354. The smallest absolute Gasteiger partial charge is 0.255 e. The van der Waals surface area contributed by atoms with Gasteiger partial charge in [-0.15, -0.1) is 0 Å². The molecule has 0 fully saturated rings. The molecule has 0 spiro atoms. The number of aromatic nitrogens is 2. The van der Waals surface area contributed by atoms with E-state index >= 15 is 0 Å². The average Bonchev–Trinajstić information content (AvgIpc) is 3.08. The van der Waals surface area contributed by atoms with Gasteiger partial charge in [-0.25, -0.2) is 12.8 Å². The summed E-state index contributed by atoms with van der Waals surface area (Å²) in [5, 5.41) is 0.578. The van der Waals surface area contributed by atoms with E-state index in [4.69, 9.17) is 0 Å². The molecule has 0 aliphatic heterocycles. The van der Waals surface area contributed by atoms with Crippen molar-refractivity contribution in [3.63, 3.8) is 0 Å². The monoisotopic (exact) mass is 530 g/mol. The van der Waals surface area contributed by atoms with Crippen molar-refractivity contribution in [1.82, 2.24) is 9.55 Å². The van der Waals surface area contributed by atoms with E-state index < -0.39 is 32.7 Å². The minimum Gasteiger partial charge on any atom is -0.333 e. The fraction of sp³-hybridized carbons (Fsp3) is 0.167. The zero-order chi connectivity index (χ0) is 23.8. The maximum atomic E-state index is 14.5. The first-order chi connectivity index (χ1) is 15.7. The molecule has 0 saturated heterocycles. The van der Waals surface area contributed by atoms with Gasteiger partial charge in [0.25, 0.3) is 5.56 Å². The van der Waals surface area contributed by atoms with E-state index in [2.05, 4.69) is 20.9 Å². The molecule has 6 nitrogen and oxygen atoms in total. The molecule has 9 heteroatoms. The Bertz CT molecular complexity index is 1540. The Kier molecular flexibility index (Phi) is 6.36. The summed E-state index contributed by atoms with van der Waals surface area (Å²) in [5.74, 6) is -2.01. The van der Waals surface area contributed by atoms with Crippen LogP contribution in [0.25, 0.3) is 22.0 Å². The minimum atomic E-state index is -3.65. The molecule has 4 aromatic rings. The Labute approximate surface area is 198 Å². The fourth-order valence-corrected chi connectivity index (χ4v) is 4.94. The highest BCUT2D eigenvalue weighted by Gasteiger charge is 2.28. The zero-order valence-electron chi connectivity index (χ0n) is 17.6. The van der Waals surface area contributed by atoms with Gasteiger partial charge in [0.15, 0.2) is 15.6 Å². The van der Waals surface area contributed by atoms with Gasteiger partial charge in [-0.05, 0) is 36.4 Å². The lowest BCUT2D eigenvalue weighted by Crippen LogP contribution is -2.22. The first-order valence-corrected chi connectivity index (χ1v) is 12.8. The molecule has 0 aliphatic carbocycles. The number of hydrogen-bond acceptors (Lipinski definition) is 4. The van der Waals surface area contributed by atoms with E-state index in [9.17, 15) is 22.4 Å². The van der Waals surface area contributed by atoms with Crippen LogP contribution >= 0.6 is 15.9 Å². The molecule has 0 bridgehead atoms. The van der Waals surface area contributed by atoms with E-state index in [0.29, 0.717) is 26.5 Å². The Morgan fingerprint density at radius 1 is 1.12 bits per heavy atom. The first kappa shape index (κ1) is 23.1. The van der Waals surface area contributed by atoms with Crippen molar-refractivity contribution in [3.8, 4) is 11.1 Å². The number of Topliss-reactive ketones (excluding diaryl/α,β-unsaturated/α-hetero) is 1. The maximum absolute atomic E-state index is 14.5. The number of nitrogens with one attached hydrogen (secondary N) is 1. The highest BCUT2D eigenvalue weighted by molar-refractivity contribution is 9.10. The molecule has 4 rings (SSSR count). The minimum absolute atomic E-state index is 0.0111. The van der Waals surface area contributed by atoms with Crippen LogP contribution in [-0.2, 0) is 16.4 Å². The van der Waals surface area contributed by atoms with Gasteiger partial charge in [0, 0.05) is 44.0 Å². The standard InChI is InChI=1S/C24H20BrFN2O4S/c1-2-33(31,32)14-21(29)23-22(17-7-5-11-27-24(17)30)18-12-16(25)9-10-20(18)28(23)13-15-6-3-4-8-19(15)26/h3-12H,2,13-14H2,1H3,(H,27,30). The van der Waals surface area contributed by atoms with E-state index in [0.717, 1.165) is 0 Å². The number of sulfone groups is 1. The molecule has 170 valence electrons. The molecule has 2 aromatic carbocycles. The number of nitrogens with zero attached hydrogens (tertiary/aromatic N) is 1. The van der Waals surface area contributed by atoms with Crippen LogP contribution in [0.1, 0.15) is 23.0 Å². The van der Waals surface area contributed by atoms with Crippen molar-refractivity contribution in [3.05, 3.63) is 92.7 Å². The molecular formula is C24H20BrFN2O4S. The summed E-state index contributed by atoms with van der Waals surface area (Å²) in [4.78, 5) is 28.8. The average molecular weight is 531 g/mol. The summed E-state index contributed by atoms with van der Waals surface area (Å²) in [6, 6.07) is 14.7. The zero-order valence-corrected chi connectivity index (χ0v) is 20.0. The lowest BCUT2D eigenvalue weighted by atomic mass is 10.0. The molecule has 0 aliphatic rings. The Morgan fingerprint density at radius 3 is 2.58 bits per heavy atom. The van der Waals surface area contributed by atoms with Crippen LogP contribution in [0.3, 0.4) is 0 Å². The number of halogens is 2. The summed E-state index contributed by atoms with van der Waals surface area (Å²) in [7, 11) is -3.65.